The molecule has 156 valence electrons. The van der Waals surface area contributed by atoms with Gasteiger partial charge in [-0.25, -0.2) is 0 Å². The van der Waals surface area contributed by atoms with Gasteiger partial charge in [-0.1, -0.05) is 41.7 Å². The van der Waals surface area contributed by atoms with Gasteiger partial charge in [0.05, 0.1) is 6.26 Å². The summed E-state index contributed by atoms with van der Waals surface area (Å²) in [5, 5.41) is 12.6. The van der Waals surface area contributed by atoms with Crippen molar-refractivity contribution < 1.29 is 14.0 Å². The molecule has 2 aromatic heterocycles. The molecular weight excluding hydrogens is 420 g/mol. The standard InChI is InChI=1S/C21H22N4O3S2/c26-19(16-8-10-25(11-9-16)20(27)17-7-4-12-28-17)22-21-24-23-18(30-21)14-29-13-15-5-2-1-3-6-15/h1-7,12,16H,8-11,13-14H2,(H,22,24,26). The van der Waals surface area contributed by atoms with Gasteiger partial charge in [0.2, 0.25) is 11.0 Å². The van der Waals surface area contributed by atoms with Gasteiger partial charge >= 0.3 is 0 Å². The fourth-order valence-corrected chi connectivity index (χ4v) is 5.09. The number of carbonyl (C=O) groups excluding carboxylic acids is 2. The SMILES string of the molecule is O=C(Nc1nnc(CSCc2ccccc2)s1)C1CCN(C(=O)c2ccco2)CC1. The summed E-state index contributed by atoms with van der Waals surface area (Å²) in [6.07, 6.45) is 2.73. The number of furan rings is 1. The Morgan fingerprint density at radius 3 is 2.63 bits per heavy atom. The Hall–Kier alpha value is -2.65. The number of piperidine rings is 1. The Morgan fingerprint density at radius 2 is 1.90 bits per heavy atom. The fraction of sp³-hybridized carbons (Fsp3) is 0.333. The van der Waals surface area contributed by atoms with Gasteiger partial charge in [-0.3, -0.25) is 9.59 Å². The van der Waals surface area contributed by atoms with Gasteiger partial charge in [-0.15, -0.1) is 22.0 Å². The molecule has 3 aromatic rings. The first-order valence-electron chi connectivity index (χ1n) is 9.77. The van der Waals surface area contributed by atoms with Gasteiger partial charge < -0.3 is 14.6 Å². The molecule has 2 amide bonds. The van der Waals surface area contributed by atoms with Crippen LogP contribution in [0.15, 0.2) is 53.1 Å². The van der Waals surface area contributed by atoms with Crippen molar-refractivity contribution in [3.63, 3.8) is 0 Å². The monoisotopic (exact) mass is 442 g/mol. The van der Waals surface area contributed by atoms with Gasteiger partial charge in [0.1, 0.15) is 5.01 Å². The van der Waals surface area contributed by atoms with Gasteiger partial charge in [-0.2, -0.15) is 0 Å². The summed E-state index contributed by atoms with van der Waals surface area (Å²) in [5.74, 6) is 1.70. The maximum Gasteiger partial charge on any atom is 0.289 e. The summed E-state index contributed by atoms with van der Waals surface area (Å²) in [7, 11) is 0. The Balaban J connectivity index is 1.21. The Kier molecular flexibility index (Phi) is 6.81. The average Bonchev–Trinajstić information content (AvgIpc) is 3.47. The highest BCUT2D eigenvalue weighted by Gasteiger charge is 2.29. The molecule has 1 aliphatic heterocycles. The van der Waals surface area contributed by atoms with Crippen LogP contribution in [0.4, 0.5) is 5.13 Å². The van der Waals surface area contributed by atoms with Crippen molar-refractivity contribution in [3.05, 3.63) is 65.1 Å². The number of carbonyl (C=O) groups is 2. The molecule has 1 aliphatic rings. The van der Waals surface area contributed by atoms with Crippen LogP contribution in [0.2, 0.25) is 0 Å². The molecule has 0 saturated carbocycles. The van der Waals surface area contributed by atoms with E-state index < -0.39 is 0 Å². The average molecular weight is 443 g/mol. The minimum atomic E-state index is -0.134. The number of thioether (sulfide) groups is 1. The van der Waals surface area contributed by atoms with Crippen molar-refractivity contribution in [1.29, 1.82) is 0 Å². The Bertz CT molecular complexity index is 967. The predicted octanol–water partition coefficient (Wildman–Crippen LogP) is 4.06. The zero-order valence-electron chi connectivity index (χ0n) is 16.3. The van der Waals surface area contributed by atoms with Crippen molar-refractivity contribution in [2.75, 3.05) is 18.4 Å². The van der Waals surface area contributed by atoms with Crippen molar-refractivity contribution in [3.8, 4) is 0 Å². The maximum atomic E-state index is 12.6. The number of likely N-dealkylation sites (tertiary alicyclic amines) is 1. The van der Waals surface area contributed by atoms with E-state index in [1.165, 1.54) is 23.2 Å². The van der Waals surface area contributed by atoms with E-state index in [4.69, 9.17) is 4.42 Å². The lowest BCUT2D eigenvalue weighted by Gasteiger charge is -2.30. The molecule has 4 rings (SSSR count). The van der Waals surface area contributed by atoms with E-state index in [1.54, 1.807) is 28.8 Å². The molecule has 30 heavy (non-hydrogen) atoms. The molecule has 3 heterocycles. The first-order chi connectivity index (χ1) is 14.7. The second-order valence-corrected chi connectivity index (χ2v) is 9.06. The van der Waals surface area contributed by atoms with Crippen LogP contribution >= 0.6 is 23.1 Å². The van der Waals surface area contributed by atoms with Crippen molar-refractivity contribution in [2.24, 2.45) is 5.92 Å². The lowest BCUT2D eigenvalue weighted by atomic mass is 9.96. The van der Waals surface area contributed by atoms with Crippen LogP contribution < -0.4 is 5.32 Å². The van der Waals surface area contributed by atoms with E-state index in [0.717, 1.165) is 16.5 Å². The van der Waals surface area contributed by atoms with Crippen molar-refractivity contribution in [1.82, 2.24) is 15.1 Å². The minimum absolute atomic E-state index is 0.0558. The van der Waals surface area contributed by atoms with Crippen LogP contribution in [-0.4, -0.2) is 40.0 Å². The van der Waals surface area contributed by atoms with Crippen LogP contribution in [0.25, 0.3) is 0 Å². The number of benzene rings is 1. The highest BCUT2D eigenvalue weighted by molar-refractivity contribution is 7.97. The number of nitrogens with one attached hydrogen (secondary N) is 1. The minimum Gasteiger partial charge on any atom is -0.459 e. The second kappa shape index (κ2) is 9.90. The number of hydrogen-bond donors (Lipinski definition) is 1. The second-order valence-electron chi connectivity index (χ2n) is 7.01. The molecule has 0 radical (unpaired) electrons. The van der Waals surface area contributed by atoms with E-state index in [0.29, 0.717) is 36.8 Å². The highest BCUT2D eigenvalue weighted by atomic mass is 32.2. The Morgan fingerprint density at radius 1 is 1.10 bits per heavy atom. The summed E-state index contributed by atoms with van der Waals surface area (Å²) in [4.78, 5) is 26.6. The molecule has 7 nitrogen and oxygen atoms in total. The normalized spacial score (nSPS) is 14.6. The first kappa shape index (κ1) is 20.6. The van der Waals surface area contributed by atoms with E-state index in [1.807, 2.05) is 18.2 Å². The number of hydrogen-bond acceptors (Lipinski definition) is 7. The third kappa shape index (κ3) is 5.28. The van der Waals surface area contributed by atoms with Crippen LogP contribution in [0, 0.1) is 5.92 Å². The lowest BCUT2D eigenvalue weighted by molar-refractivity contribution is -0.121. The molecule has 9 heteroatoms. The maximum absolute atomic E-state index is 12.6. The molecule has 0 spiro atoms. The molecule has 0 atom stereocenters. The van der Waals surface area contributed by atoms with Crippen molar-refractivity contribution >= 4 is 40.0 Å². The summed E-state index contributed by atoms with van der Waals surface area (Å²) >= 11 is 3.18. The predicted molar refractivity (Wildman–Crippen MR) is 117 cm³/mol. The number of amides is 2. The quantitative estimate of drug-likeness (QED) is 0.594. The van der Waals surface area contributed by atoms with Crippen LogP contribution in [-0.2, 0) is 16.3 Å². The molecule has 1 fully saturated rings. The van der Waals surface area contributed by atoms with Crippen LogP contribution in [0.5, 0.6) is 0 Å². The number of nitrogens with zero attached hydrogens (tertiary/aromatic N) is 3. The molecule has 1 N–H and O–H groups in total. The highest BCUT2D eigenvalue weighted by Crippen LogP contribution is 2.25. The van der Waals surface area contributed by atoms with Crippen LogP contribution in [0.3, 0.4) is 0 Å². The smallest absolute Gasteiger partial charge is 0.289 e. The summed E-state index contributed by atoms with van der Waals surface area (Å²) in [5.41, 5.74) is 1.28. The third-order valence-electron chi connectivity index (χ3n) is 4.92. The molecular formula is C21H22N4O3S2. The van der Waals surface area contributed by atoms with Gasteiger partial charge in [0.15, 0.2) is 5.76 Å². The van der Waals surface area contributed by atoms with E-state index in [2.05, 4.69) is 27.6 Å². The van der Waals surface area contributed by atoms with Gasteiger partial charge in [-0.05, 0) is 30.5 Å². The van der Waals surface area contributed by atoms with E-state index in [-0.39, 0.29) is 17.7 Å². The lowest BCUT2D eigenvalue weighted by Crippen LogP contribution is -2.41. The van der Waals surface area contributed by atoms with E-state index >= 15 is 0 Å². The zero-order chi connectivity index (χ0) is 20.8. The zero-order valence-corrected chi connectivity index (χ0v) is 18.0. The van der Waals surface area contributed by atoms with Crippen LogP contribution in [0.1, 0.15) is 34.0 Å². The topological polar surface area (TPSA) is 88.3 Å². The fourth-order valence-electron chi connectivity index (χ4n) is 3.30. The molecule has 1 saturated heterocycles. The number of aromatic nitrogens is 2. The molecule has 0 bridgehead atoms. The van der Waals surface area contributed by atoms with Gasteiger partial charge in [0.25, 0.3) is 5.91 Å². The number of rotatable bonds is 7. The van der Waals surface area contributed by atoms with Gasteiger partial charge in [0, 0.05) is 30.5 Å². The molecule has 1 aromatic carbocycles. The summed E-state index contributed by atoms with van der Waals surface area (Å²) in [6, 6.07) is 13.6. The summed E-state index contributed by atoms with van der Waals surface area (Å²) < 4.78 is 5.17. The Labute approximate surface area is 182 Å². The summed E-state index contributed by atoms with van der Waals surface area (Å²) in [6.45, 7) is 1.07. The number of anilines is 1. The first-order valence-corrected chi connectivity index (χ1v) is 11.7. The van der Waals surface area contributed by atoms with Crippen molar-refractivity contribution in [2.45, 2.75) is 24.3 Å². The molecule has 0 aliphatic carbocycles. The molecule has 0 unspecified atom stereocenters. The largest absolute Gasteiger partial charge is 0.459 e. The third-order valence-corrected chi connectivity index (χ3v) is 6.96. The van der Waals surface area contributed by atoms with E-state index in [9.17, 15) is 9.59 Å².